The summed E-state index contributed by atoms with van der Waals surface area (Å²) >= 11 is 0. The van der Waals surface area contributed by atoms with E-state index in [1.807, 2.05) is 0 Å². The first-order valence-electron chi connectivity index (χ1n) is 5.60. The van der Waals surface area contributed by atoms with Crippen molar-refractivity contribution in [2.24, 2.45) is 5.92 Å². The van der Waals surface area contributed by atoms with E-state index in [1.54, 1.807) is 0 Å². The summed E-state index contributed by atoms with van der Waals surface area (Å²) in [4.78, 5) is 0. The molecule has 1 rings (SSSR count). The fraction of sp³-hybridized carbons (Fsp3) is 0.833. The van der Waals surface area contributed by atoms with Gasteiger partial charge in [-0.25, -0.2) is 0 Å². The monoisotopic (exact) mass is 197 g/mol. The van der Waals surface area contributed by atoms with Crippen molar-refractivity contribution in [2.45, 2.75) is 45.8 Å². The van der Waals surface area contributed by atoms with Crippen molar-refractivity contribution in [2.75, 3.05) is 13.1 Å². The molecule has 0 aliphatic carbocycles. The average molecular weight is 197 g/mol. The Morgan fingerprint density at radius 1 is 1.50 bits per heavy atom. The Morgan fingerprint density at radius 3 is 2.79 bits per heavy atom. The van der Waals surface area contributed by atoms with Crippen LogP contribution in [0.5, 0.6) is 0 Å². The second-order valence-electron chi connectivity index (χ2n) is 4.78. The van der Waals surface area contributed by atoms with Gasteiger partial charge in [0.25, 0.3) is 0 Å². The van der Waals surface area contributed by atoms with Gasteiger partial charge in [-0.15, -0.1) is 0 Å². The standard InChI is InChI=1S/C12H23NO/c1-9(2)7-13-8-12-6-10(3)5-11(4)14-12/h9,11-13H,3,5-8H2,1-2,4H3/t11-,12-/m0/s1. The zero-order valence-corrected chi connectivity index (χ0v) is 9.68. The summed E-state index contributed by atoms with van der Waals surface area (Å²) in [6, 6.07) is 0. The largest absolute Gasteiger partial charge is 0.373 e. The Kier molecular flexibility index (Phi) is 4.63. The lowest BCUT2D eigenvalue weighted by atomic mass is 10.00. The van der Waals surface area contributed by atoms with Crippen LogP contribution in [-0.4, -0.2) is 25.3 Å². The molecule has 1 fully saturated rings. The fourth-order valence-corrected chi connectivity index (χ4v) is 1.89. The third-order valence-corrected chi connectivity index (χ3v) is 2.44. The highest BCUT2D eigenvalue weighted by atomic mass is 16.5. The molecule has 0 aromatic rings. The number of hydrogen-bond donors (Lipinski definition) is 1. The molecule has 0 amide bonds. The summed E-state index contributed by atoms with van der Waals surface area (Å²) < 4.78 is 5.82. The van der Waals surface area contributed by atoms with E-state index in [-0.39, 0.29) is 0 Å². The van der Waals surface area contributed by atoms with Crippen molar-refractivity contribution < 1.29 is 4.74 Å². The first kappa shape index (κ1) is 11.7. The van der Waals surface area contributed by atoms with Gasteiger partial charge < -0.3 is 10.1 Å². The maximum Gasteiger partial charge on any atom is 0.0740 e. The lowest BCUT2D eigenvalue weighted by molar-refractivity contribution is -0.0197. The van der Waals surface area contributed by atoms with E-state index in [2.05, 4.69) is 32.7 Å². The second-order valence-corrected chi connectivity index (χ2v) is 4.78. The van der Waals surface area contributed by atoms with Gasteiger partial charge in [0, 0.05) is 6.54 Å². The van der Waals surface area contributed by atoms with Gasteiger partial charge in [0.1, 0.15) is 0 Å². The molecule has 0 unspecified atom stereocenters. The van der Waals surface area contributed by atoms with Crippen LogP contribution in [0.2, 0.25) is 0 Å². The minimum atomic E-state index is 0.338. The molecule has 1 heterocycles. The summed E-state index contributed by atoms with van der Waals surface area (Å²) in [5.41, 5.74) is 1.33. The van der Waals surface area contributed by atoms with Gasteiger partial charge in [0.15, 0.2) is 0 Å². The van der Waals surface area contributed by atoms with Gasteiger partial charge in [0.05, 0.1) is 12.2 Å². The van der Waals surface area contributed by atoms with Gasteiger partial charge in [0.2, 0.25) is 0 Å². The van der Waals surface area contributed by atoms with E-state index in [0.717, 1.165) is 25.9 Å². The Balaban J connectivity index is 2.20. The number of rotatable bonds is 4. The Labute approximate surface area is 87.7 Å². The van der Waals surface area contributed by atoms with Gasteiger partial charge in [-0.05, 0) is 32.2 Å². The zero-order valence-electron chi connectivity index (χ0n) is 9.68. The molecule has 0 bridgehead atoms. The summed E-state index contributed by atoms with van der Waals surface area (Å²) in [6.07, 6.45) is 2.74. The van der Waals surface area contributed by atoms with Gasteiger partial charge >= 0.3 is 0 Å². The van der Waals surface area contributed by atoms with Crippen molar-refractivity contribution in [1.29, 1.82) is 0 Å². The normalized spacial score (nSPS) is 28.4. The van der Waals surface area contributed by atoms with Crippen LogP contribution < -0.4 is 5.32 Å². The summed E-state index contributed by atoms with van der Waals surface area (Å²) in [7, 11) is 0. The van der Waals surface area contributed by atoms with Crippen LogP contribution in [0.25, 0.3) is 0 Å². The van der Waals surface area contributed by atoms with Gasteiger partial charge in [-0.3, -0.25) is 0 Å². The van der Waals surface area contributed by atoms with Crippen molar-refractivity contribution in [3.63, 3.8) is 0 Å². The van der Waals surface area contributed by atoms with Crippen LogP contribution in [-0.2, 0) is 4.74 Å². The molecule has 0 spiro atoms. The molecule has 82 valence electrons. The van der Waals surface area contributed by atoms with E-state index in [4.69, 9.17) is 4.74 Å². The van der Waals surface area contributed by atoms with Crippen molar-refractivity contribution >= 4 is 0 Å². The topological polar surface area (TPSA) is 21.3 Å². The molecule has 1 N–H and O–H groups in total. The third kappa shape index (κ3) is 4.25. The van der Waals surface area contributed by atoms with E-state index in [0.29, 0.717) is 18.1 Å². The molecule has 2 nitrogen and oxygen atoms in total. The highest BCUT2D eigenvalue weighted by Gasteiger charge is 2.20. The predicted molar refractivity (Wildman–Crippen MR) is 60.4 cm³/mol. The first-order chi connectivity index (χ1) is 6.58. The highest BCUT2D eigenvalue weighted by Crippen LogP contribution is 2.22. The summed E-state index contributed by atoms with van der Waals surface area (Å²) in [6.45, 7) is 12.6. The zero-order chi connectivity index (χ0) is 10.6. The highest BCUT2D eigenvalue weighted by molar-refractivity contribution is 5.01. The molecule has 1 saturated heterocycles. The number of nitrogens with one attached hydrogen (secondary N) is 1. The van der Waals surface area contributed by atoms with Crippen LogP contribution >= 0.6 is 0 Å². The molecular weight excluding hydrogens is 174 g/mol. The maximum absolute atomic E-state index is 5.82. The van der Waals surface area contributed by atoms with Gasteiger partial charge in [-0.2, -0.15) is 0 Å². The summed E-state index contributed by atoms with van der Waals surface area (Å²) in [5, 5.41) is 3.43. The predicted octanol–water partition coefficient (Wildman–Crippen LogP) is 2.36. The SMILES string of the molecule is C=C1C[C@@H](CNCC(C)C)O[C@@H](C)C1. The molecule has 2 heteroatoms. The van der Waals surface area contributed by atoms with Crippen LogP contribution in [0.1, 0.15) is 33.6 Å². The number of hydrogen-bond acceptors (Lipinski definition) is 2. The van der Waals surface area contributed by atoms with E-state index < -0.39 is 0 Å². The number of ether oxygens (including phenoxy) is 1. The maximum atomic E-state index is 5.82. The lowest BCUT2D eigenvalue weighted by Crippen LogP contribution is -2.36. The van der Waals surface area contributed by atoms with Crippen LogP contribution in [0, 0.1) is 5.92 Å². The molecule has 1 aliphatic heterocycles. The smallest absolute Gasteiger partial charge is 0.0740 e. The second kappa shape index (κ2) is 5.52. The van der Waals surface area contributed by atoms with E-state index in [1.165, 1.54) is 5.57 Å². The molecule has 0 radical (unpaired) electrons. The van der Waals surface area contributed by atoms with Crippen molar-refractivity contribution in [1.82, 2.24) is 5.32 Å². The van der Waals surface area contributed by atoms with Crippen molar-refractivity contribution in [3.05, 3.63) is 12.2 Å². The fourth-order valence-electron chi connectivity index (χ4n) is 1.89. The molecule has 0 aromatic carbocycles. The first-order valence-corrected chi connectivity index (χ1v) is 5.60. The lowest BCUT2D eigenvalue weighted by Gasteiger charge is -2.29. The minimum Gasteiger partial charge on any atom is -0.373 e. The van der Waals surface area contributed by atoms with Crippen LogP contribution in [0.15, 0.2) is 12.2 Å². The van der Waals surface area contributed by atoms with E-state index in [9.17, 15) is 0 Å². The Bertz CT molecular complexity index is 189. The van der Waals surface area contributed by atoms with E-state index >= 15 is 0 Å². The molecular formula is C12H23NO. The van der Waals surface area contributed by atoms with Crippen molar-refractivity contribution in [3.8, 4) is 0 Å². The van der Waals surface area contributed by atoms with Crippen LogP contribution in [0.4, 0.5) is 0 Å². The quantitative estimate of drug-likeness (QED) is 0.699. The Morgan fingerprint density at radius 2 is 2.21 bits per heavy atom. The molecule has 1 aliphatic rings. The molecule has 2 atom stereocenters. The molecule has 0 aromatic heterocycles. The van der Waals surface area contributed by atoms with Crippen LogP contribution in [0.3, 0.4) is 0 Å². The molecule has 14 heavy (non-hydrogen) atoms. The minimum absolute atomic E-state index is 0.338. The Hall–Kier alpha value is -0.340. The third-order valence-electron chi connectivity index (χ3n) is 2.44. The van der Waals surface area contributed by atoms with Gasteiger partial charge in [-0.1, -0.05) is 26.0 Å². The molecule has 0 saturated carbocycles. The summed E-state index contributed by atoms with van der Waals surface area (Å²) in [5.74, 6) is 0.708. The average Bonchev–Trinajstić information content (AvgIpc) is 2.01.